The second-order valence-corrected chi connectivity index (χ2v) is 9.96. The zero-order chi connectivity index (χ0) is 20.1. The van der Waals surface area contributed by atoms with Crippen LogP contribution in [0.1, 0.15) is 33.6 Å². The van der Waals surface area contributed by atoms with Gasteiger partial charge in [-0.2, -0.15) is 5.10 Å². The van der Waals surface area contributed by atoms with Crippen LogP contribution in [0.5, 0.6) is 0 Å². The van der Waals surface area contributed by atoms with Crippen molar-refractivity contribution in [3.8, 4) is 0 Å². The molecular weight excluding hydrogens is 422 g/mol. The van der Waals surface area contributed by atoms with Crippen LogP contribution in [0.3, 0.4) is 0 Å². The maximum atomic E-state index is 12.7. The van der Waals surface area contributed by atoms with Gasteiger partial charge in [0.2, 0.25) is 5.91 Å². The molecule has 0 unspecified atom stereocenters. The van der Waals surface area contributed by atoms with Crippen LogP contribution in [0.2, 0.25) is 0 Å². The van der Waals surface area contributed by atoms with E-state index in [1.165, 1.54) is 11.1 Å². The van der Waals surface area contributed by atoms with Gasteiger partial charge < -0.3 is 15.5 Å². The van der Waals surface area contributed by atoms with Crippen LogP contribution >= 0.6 is 15.9 Å². The zero-order valence-corrected chi connectivity index (χ0v) is 18.5. The molecule has 0 spiro atoms. The van der Waals surface area contributed by atoms with Crippen LogP contribution in [-0.2, 0) is 11.3 Å². The number of aromatic nitrogens is 2. The van der Waals surface area contributed by atoms with Gasteiger partial charge in [0, 0.05) is 32.2 Å². The number of hydrogen-bond acceptors (Lipinski definition) is 5. The lowest BCUT2D eigenvalue weighted by molar-refractivity contribution is -0.132. The predicted octanol–water partition coefficient (Wildman–Crippen LogP) is 1.92. The van der Waals surface area contributed by atoms with Crippen molar-refractivity contribution in [1.29, 1.82) is 0 Å². The fourth-order valence-electron chi connectivity index (χ4n) is 5.36. The largest absolute Gasteiger partial charge is 0.380 e. The summed E-state index contributed by atoms with van der Waals surface area (Å²) in [4.78, 5) is 27.0. The van der Waals surface area contributed by atoms with Crippen LogP contribution < -0.4 is 16.2 Å². The summed E-state index contributed by atoms with van der Waals surface area (Å²) in [5, 5.41) is 11.0. The van der Waals surface area contributed by atoms with Gasteiger partial charge in [0.15, 0.2) is 0 Å². The first-order chi connectivity index (χ1) is 13.3. The number of piperazine rings is 1. The molecule has 2 N–H and O–H groups in total. The first-order valence-electron chi connectivity index (χ1n) is 10.3. The molecule has 4 fully saturated rings. The molecule has 0 radical (unpaired) electrons. The smallest absolute Gasteiger partial charge is 0.283 e. The van der Waals surface area contributed by atoms with Gasteiger partial charge in [0.05, 0.1) is 11.9 Å². The normalized spacial score (nSPS) is 31.2. The van der Waals surface area contributed by atoms with Gasteiger partial charge in [0.1, 0.15) is 11.0 Å². The molecule has 1 aliphatic heterocycles. The Bertz CT molecular complexity index is 817. The molecule has 1 amide bonds. The van der Waals surface area contributed by atoms with Gasteiger partial charge in [-0.25, -0.2) is 4.68 Å². The number of amides is 1. The van der Waals surface area contributed by atoms with E-state index in [9.17, 15) is 9.59 Å². The minimum Gasteiger partial charge on any atom is -0.380 e. The second-order valence-electron chi connectivity index (χ2n) is 9.17. The van der Waals surface area contributed by atoms with Crippen molar-refractivity contribution in [3.05, 3.63) is 21.0 Å². The highest BCUT2D eigenvalue weighted by atomic mass is 79.9. The Morgan fingerprint density at radius 1 is 1.36 bits per heavy atom. The van der Waals surface area contributed by atoms with Gasteiger partial charge in [-0.15, -0.1) is 0 Å². The van der Waals surface area contributed by atoms with E-state index < -0.39 is 0 Å². The second kappa shape index (κ2) is 7.44. The molecule has 3 aliphatic carbocycles. The molecule has 3 saturated carbocycles. The van der Waals surface area contributed by atoms with E-state index in [-0.39, 0.29) is 18.0 Å². The van der Waals surface area contributed by atoms with E-state index in [0.717, 1.165) is 37.0 Å². The molecule has 7 nitrogen and oxygen atoms in total. The molecule has 28 heavy (non-hydrogen) atoms. The fraction of sp³-hybridized carbons (Fsp3) is 0.750. The summed E-state index contributed by atoms with van der Waals surface area (Å²) >= 11 is 3.44. The number of anilines is 1. The highest BCUT2D eigenvalue weighted by Gasteiger charge is 2.56. The number of halogens is 1. The minimum atomic E-state index is -0.262. The molecule has 2 bridgehead atoms. The third kappa shape index (κ3) is 3.38. The highest BCUT2D eigenvalue weighted by Crippen LogP contribution is 2.61. The Morgan fingerprint density at radius 3 is 2.71 bits per heavy atom. The first-order valence-corrected chi connectivity index (χ1v) is 11.1. The van der Waals surface area contributed by atoms with Crippen LogP contribution in [0.25, 0.3) is 0 Å². The number of nitrogens with zero attached hydrogens (tertiary/aromatic N) is 3. The Labute approximate surface area is 174 Å². The quantitative estimate of drug-likeness (QED) is 0.730. The molecule has 154 valence electrons. The van der Waals surface area contributed by atoms with E-state index in [1.54, 1.807) is 11.1 Å². The number of carbonyl (C=O) groups excluding carboxylic acids is 1. The maximum absolute atomic E-state index is 12.7. The molecule has 4 aliphatic rings. The molecule has 1 saturated heterocycles. The van der Waals surface area contributed by atoms with E-state index >= 15 is 0 Å². The molecule has 4 atom stereocenters. The third-order valence-electron chi connectivity index (χ3n) is 7.43. The highest BCUT2D eigenvalue weighted by molar-refractivity contribution is 9.10. The van der Waals surface area contributed by atoms with Crippen molar-refractivity contribution < 1.29 is 4.79 Å². The predicted molar refractivity (Wildman–Crippen MR) is 112 cm³/mol. The summed E-state index contributed by atoms with van der Waals surface area (Å²) in [6.07, 6.45) is 4.12. The number of carbonyl (C=O) groups is 1. The SMILES string of the molecule is C[C@H]1[C@H](Nc2cnn(CC(=O)N3CCNCC3)c(=O)c2Br)C[C@H]2C[C@@H]1C2(C)C. The Kier molecular flexibility index (Phi) is 5.29. The Morgan fingerprint density at radius 2 is 2.07 bits per heavy atom. The van der Waals surface area contributed by atoms with Gasteiger partial charge in [-0.3, -0.25) is 9.59 Å². The number of fused-ring (bicyclic) bond motifs is 2. The van der Waals surface area contributed by atoms with Crippen molar-refractivity contribution in [2.45, 2.75) is 46.2 Å². The van der Waals surface area contributed by atoms with E-state index in [1.807, 2.05) is 0 Å². The van der Waals surface area contributed by atoms with Crippen LogP contribution in [0, 0.1) is 23.2 Å². The van der Waals surface area contributed by atoms with E-state index in [2.05, 4.69) is 52.4 Å². The maximum Gasteiger partial charge on any atom is 0.283 e. The molecule has 1 aromatic heterocycles. The van der Waals surface area contributed by atoms with Crippen molar-refractivity contribution in [1.82, 2.24) is 20.0 Å². The molecule has 2 heterocycles. The molecule has 8 heteroatoms. The van der Waals surface area contributed by atoms with Crippen molar-refractivity contribution in [3.63, 3.8) is 0 Å². The average molecular weight is 452 g/mol. The number of hydrogen-bond donors (Lipinski definition) is 2. The average Bonchev–Trinajstić information content (AvgIpc) is 2.69. The monoisotopic (exact) mass is 451 g/mol. The summed E-state index contributed by atoms with van der Waals surface area (Å²) in [5.41, 5.74) is 0.898. The lowest BCUT2D eigenvalue weighted by atomic mass is 9.45. The molecular formula is C20H30BrN5O2. The van der Waals surface area contributed by atoms with Gasteiger partial charge >= 0.3 is 0 Å². The van der Waals surface area contributed by atoms with Crippen LogP contribution in [0.15, 0.2) is 15.5 Å². The fourth-order valence-corrected chi connectivity index (χ4v) is 5.78. The van der Waals surface area contributed by atoms with Crippen LogP contribution in [-0.4, -0.2) is 52.8 Å². The third-order valence-corrected chi connectivity index (χ3v) is 8.20. The Balaban J connectivity index is 1.45. The summed E-state index contributed by atoms with van der Waals surface area (Å²) in [7, 11) is 0. The zero-order valence-electron chi connectivity index (χ0n) is 16.9. The lowest BCUT2D eigenvalue weighted by Gasteiger charge is -2.62. The van der Waals surface area contributed by atoms with Crippen molar-refractivity contribution in [2.24, 2.45) is 23.2 Å². The standard InChI is InChI=1S/C20H30BrN5O2/c1-12-14-8-13(20(14,2)3)9-15(12)24-16-10-23-26(19(28)18(16)21)11-17(27)25-6-4-22-5-7-25/h10,12-15,22,24H,4-9,11H2,1-3H3/t12-,13-,14+,15-/m1/s1. The van der Waals surface area contributed by atoms with Gasteiger partial charge in [-0.1, -0.05) is 20.8 Å². The van der Waals surface area contributed by atoms with E-state index in [4.69, 9.17) is 0 Å². The lowest BCUT2D eigenvalue weighted by Crippen LogP contribution is -2.58. The van der Waals surface area contributed by atoms with Gasteiger partial charge in [0.25, 0.3) is 5.56 Å². The minimum absolute atomic E-state index is 0.0180. The van der Waals surface area contributed by atoms with Crippen molar-refractivity contribution >= 4 is 27.5 Å². The number of rotatable bonds is 4. The van der Waals surface area contributed by atoms with E-state index in [0.29, 0.717) is 34.9 Å². The molecule has 5 rings (SSSR count). The van der Waals surface area contributed by atoms with Crippen LogP contribution in [0.4, 0.5) is 5.69 Å². The van der Waals surface area contributed by atoms with Crippen molar-refractivity contribution in [2.75, 3.05) is 31.5 Å². The topological polar surface area (TPSA) is 79.3 Å². The summed E-state index contributed by atoms with van der Waals surface area (Å²) in [6, 6.07) is 0.354. The molecule has 1 aromatic rings. The van der Waals surface area contributed by atoms with Gasteiger partial charge in [-0.05, 0) is 51.9 Å². The summed E-state index contributed by atoms with van der Waals surface area (Å²) in [6.45, 7) is 9.99. The summed E-state index contributed by atoms with van der Waals surface area (Å²) in [5.74, 6) is 1.97. The summed E-state index contributed by atoms with van der Waals surface area (Å²) < 4.78 is 1.71. The molecule has 0 aromatic carbocycles. The Hall–Kier alpha value is -1.41. The first kappa shape index (κ1) is 19.9. The number of nitrogens with one attached hydrogen (secondary N) is 2.